The van der Waals surface area contributed by atoms with Gasteiger partial charge in [-0.2, -0.15) is 4.31 Å². The van der Waals surface area contributed by atoms with Crippen LogP contribution < -0.4 is 0 Å². The monoisotopic (exact) mass is 445 g/mol. The van der Waals surface area contributed by atoms with Crippen LogP contribution in [-0.2, 0) is 19.6 Å². The SMILES string of the molecule is CS(=O)(=O)N1CCN(C(=O)CN2CCOC(c3ccc(Br)cc3)C2)CC1. The number of hydrogen-bond acceptors (Lipinski definition) is 5. The lowest BCUT2D eigenvalue weighted by Crippen LogP contribution is -2.53. The molecule has 1 aromatic carbocycles. The lowest BCUT2D eigenvalue weighted by molar-refractivity contribution is -0.135. The van der Waals surface area contributed by atoms with E-state index in [1.807, 2.05) is 24.3 Å². The third-order valence-corrected chi connectivity index (χ3v) is 6.64. The van der Waals surface area contributed by atoms with Crippen LogP contribution in [0.3, 0.4) is 0 Å². The van der Waals surface area contributed by atoms with Gasteiger partial charge in [0.05, 0.1) is 25.5 Å². The molecule has 0 bridgehead atoms. The molecule has 0 aromatic heterocycles. The van der Waals surface area contributed by atoms with Crippen molar-refractivity contribution < 1.29 is 17.9 Å². The lowest BCUT2D eigenvalue weighted by atomic mass is 10.1. The standard InChI is InChI=1S/C17H24BrN3O4S/c1-26(23,24)21-8-6-20(7-9-21)17(22)13-19-10-11-25-16(12-19)14-2-4-15(18)5-3-14/h2-5,16H,6-13H2,1H3. The number of benzene rings is 1. The molecule has 0 spiro atoms. The van der Waals surface area contributed by atoms with Crippen LogP contribution >= 0.6 is 15.9 Å². The molecule has 2 fully saturated rings. The summed E-state index contributed by atoms with van der Waals surface area (Å²) < 4.78 is 31.4. The number of carbonyl (C=O) groups excluding carboxylic acids is 1. The molecule has 3 rings (SSSR count). The predicted molar refractivity (Wildman–Crippen MR) is 102 cm³/mol. The number of halogens is 1. The molecule has 144 valence electrons. The molecule has 2 saturated heterocycles. The number of amides is 1. The van der Waals surface area contributed by atoms with Crippen molar-refractivity contribution in [2.45, 2.75) is 6.10 Å². The van der Waals surface area contributed by atoms with Gasteiger partial charge in [0.25, 0.3) is 0 Å². The maximum absolute atomic E-state index is 12.6. The first-order valence-electron chi connectivity index (χ1n) is 8.65. The van der Waals surface area contributed by atoms with Crippen molar-refractivity contribution in [2.75, 3.05) is 58.7 Å². The number of sulfonamides is 1. The fourth-order valence-corrected chi connectivity index (χ4v) is 4.38. The first-order valence-corrected chi connectivity index (χ1v) is 11.3. The van der Waals surface area contributed by atoms with Gasteiger partial charge in [0.1, 0.15) is 0 Å². The van der Waals surface area contributed by atoms with Gasteiger partial charge in [0.2, 0.25) is 15.9 Å². The number of hydrogen-bond donors (Lipinski definition) is 0. The molecular weight excluding hydrogens is 422 g/mol. The molecule has 9 heteroatoms. The minimum Gasteiger partial charge on any atom is -0.371 e. The third-order valence-electron chi connectivity index (χ3n) is 4.81. The van der Waals surface area contributed by atoms with Crippen LogP contribution in [0.15, 0.2) is 28.7 Å². The van der Waals surface area contributed by atoms with Crippen LogP contribution in [0, 0.1) is 0 Å². The van der Waals surface area contributed by atoms with Gasteiger partial charge in [-0.05, 0) is 17.7 Å². The van der Waals surface area contributed by atoms with E-state index in [9.17, 15) is 13.2 Å². The minimum atomic E-state index is -3.18. The molecule has 0 N–H and O–H groups in total. The predicted octanol–water partition coefficient (Wildman–Crippen LogP) is 0.926. The summed E-state index contributed by atoms with van der Waals surface area (Å²) >= 11 is 3.43. The Morgan fingerprint density at radius 3 is 2.42 bits per heavy atom. The molecule has 1 unspecified atom stereocenters. The van der Waals surface area contributed by atoms with Crippen molar-refractivity contribution in [2.24, 2.45) is 0 Å². The van der Waals surface area contributed by atoms with E-state index in [-0.39, 0.29) is 12.0 Å². The van der Waals surface area contributed by atoms with Crippen molar-refractivity contribution in [1.82, 2.24) is 14.1 Å². The summed E-state index contributed by atoms with van der Waals surface area (Å²) in [6.45, 7) is 3.98. The van der Waals surface area contributed by atoms with Crippen molar-refractivity contribution in [3.05, 3.63) is 34.3 Å². The van der Waals surface area contributed by atoms with Gasteiger partial charge in [0.15, 0.2) is 0 Å². The van der Waals surface area contributed by atoms with E-state index in [0.29, 0.717) is 45.9 Å². The van der Waals surface area contributed by atoms with E-state index in [1.54, 1.807) is 4.90 Å². The van der Waals surface area contributed by atoms with Gasteiger partial charge < -0.3 is 9.64 Å². The van der Waals surface area contributed by atoms with E-state index in [0.717, 1.165) is 16.6 Å². The first-order chi connectivity index (χ1) is 12.3. The van der Waals surface area contributed by atoms with Gasteiger partial charge >= 0.3 is 0 Å². The Kier molecular flexibility index (Phi) is 6.34. The summed E-state index contributed by atoms with van der Waals surface area (Å²) in [7, 11) is -3.18. The minimum absolute atomic E-state index is 0.0354. The Morgan fingerprint density at radius 1 is 1.15 bits per heavy atom. The summed E-state index contributed by atoms with van der Waals surface area (Å²) in [5.41, 5.74) is 1.10. The second kappa shape index (κ2) is 8.35. The maximum atomic E-state index is 12.6. The van der Waals surface area contributed by atoms with E-state index in [4.69, 9.17) is 4.74 Å². The Hall–Kier alpha value is -1.00. The van der Waals surface area contributed by atoms with E-state index in [2.05, 4.69) is 20.8 Å². The van der Waals surface area contributed by atoms with Crippen molar-refractivity contribution >= 4 is 31.9 Å². The topological polar surface area (TPSA) is 70.2 Å². The Labute approximate surface area is 163 Å². The summed E-state index contributed by atoms with van der Waals surface area (Å²) in [6.07, 6.45) is 1.17. The van der Waals surface area contributed by atoms with Gasteiger partial charge in [-0.3, -0.25) is 9.69 Å². The van der Waals surface area contributed by atoms with E-state index >= 15 is 0 Å². The Balaban J connectivity index is 1.52. The molecule has 1 atom stereocenters. The highest BCUT2D eigenvalue weighted by molar-refractivity contribution is 9.10. The fraction of sp³-hybridized carbons (Fsp3) is 0.588. The average Bonchev–Trinajstić information content (AvgIpc) is 2.62. The molecule has 26 heavy (non-hydrogen) atoms. The summed E-state index contributed by atoms with van der Waals surface area (Å²) in [5.74, 6) is 0.0506. The van der Waals surface area contributed by atoms with Crippen LogP contribution in [0.5, 0.6) is 0 Å². The largest absolute Gasteiger partial charge is 0.371 e. The average molecular weight is 446 g/mol. The number of piperazine rings is 1. The molecular formula is C17H24BrN3O4S. The third kappa shape index (κ3) is 5.04. The molecule has 7 nitrogen and oxygen atoms in total. The second-order valence-corrected chi connectivity index (χ2v) is 9.59. The smallest absolute Gasteiger partial charge is 0.236 e. The number of nitrogens with zero attached hydrogens (tertiary/aromatic N) is 3. The second-order valence-electron chi connectivity index (χ2n) is 6.69. The zero-order valence-electron chi connectivity index (χ0n) is 14.8. The highest BCUT2D eigenvalue weighted by Gasteiger charge is 2.29. The van der Waals surface area contributed by atoms with Crippen LogP contribution in [0.2, 0.25) is 0 Å². The van der Waals surface area contributed by atoms with Crippen LogP contribution in [-0.4, -0.2) is 87.1 Å². The zero-order valence-corrected chi connectivity index (χ0v) is 17.2. The molecule has 0 saturated carbocycles. The first kappa shape index (κ1) is 19.8. The van der Waals surface area contributed by atoms with Gasteiger partial charge in [-0.15, -0.1) is 0 Å². The van der Waals surface area contributed by atoms with Crippen LogP contribution in [0.4, 0.5) is 0 Å². The molecule has 1 aromatic rings. The zero-order chi connectivity index (χ0) is 18.7. The Bertz CT molecular complexity index is 733. The normalized spacial score (nSPS) is 23.2. The molecule has 0 radical (unpaired) electrons. The highest BCUT2D eigenvalue weighted by atomic mass is 79.9. The number of ether oxygens (including phenoxy) is 1. The quantitative estimate of drug-likeness (QED) is 0.689. The van der Waals surface area contributed by atoms with E-state index in [1.165, 1.54) is 10.6 Å². The maximum Gasteiger partial charge on any atom is 0.236 e. The summed E-state index contributed by atoms with van der Waals surface area (Å²) in [5, 5.41) is 0. The van der Waals surface area contributed by atoms with Crippen molar-refractivity contribution in [3.63, 3.8) is 0 Å². The molecule has 1 amide bonds. The Morgan fingerprint density at radius 2 is 1.81 bits per heavy atom. The number of rotatable bonds is 4. The van der Waals surface area contributed by atoms with Gasteiger partial charge in [-0.1, -0.05) is 28.1 Å². The van der Waals surface area contributed by atoms with Crippen molar-refractivity contribution in [3.8, 4) is 0 Å². The molecule has 2 aliphatic rings. The molecule has 0 aliphatic carbocycles. The highest BCUT2D eigenvalue weighted by Crippen LogP contribution is 2.24. The van der Waals surface area contributed by atoms with Crippen molar-refractivity contribution in [1.29, 1.82) is 0 Å². The molecule has 2 aliphatic heterocycles. The van der Waals surface area contributed by atoms with Gasteiger partial charge in [-0.25, -0.2) is 8.42 Å². The van der Waals surface area contributed by atoms with Gasteiger partial charge in [0, 0.05) is 43.7 Å². The lowest BCUT2D eigenvalue weighted by Gasteiger charge is -2.36. The van der Waals surface area contributed by atoms with Crippen LogP contribution in [0.25, 0.3) is 0 Å². The number of carbonyl (C=O) groups is 1. The number of morpholine rings is 1. The summed E-state index contributed by atoms with van der Waals surface area (Å²) in [4.78, 5) is 16.4. The fourth-order valence-electron chi connectivity index (χ4n) is 3.29. The molecule has 2 heterocycles. The van der Waals surface area contributed by atoms with Crippen LogP contribution in [0.1, 0.15) is 11.7 Å². The van der Waals surface area contributed by atoms with E-state index < -0.39 is 10.0 Å². The summed E-state index contributed by atoms with van der Waals surface area (Å²) in [6, 6.07) is 8.04.